The molecule has 8 heteroatoms. The number of rotatable bonds is 3. The van der Waals surface area contributed by atoms with Crippen molar-refractivity contribution in [2.45, 2.75) is 31.7 Å². The van der Waals surface area contributed by atoms with E-state index in [4.69, 9.17) is 4.74 Å². The molecular weight excluding hydrogens is 394 g/mol. The summed E-state index contributed by atoms with van der Waals surface area (Å²) >= 11 is 0. The van der Waals surface area contributed by atoms with Gasteiger partial charge in [0.2, 0.25) is 0 Å². The Morgan fingerprint density at radius 3 is 2.61 bits per heavy atom. The predicted molar refractivity (Wildman–Crippen MR) is 114 cm³/mol. The first-order chi connectivity index (χ1) is 15.0. The number of aromatic nitrogens is 4. The highest BCUT2D eigenvalue weighted by Crippen LogP contribution is 2.41. The van der Waals surface area contributed by atoms with Gasteiger partial charge in [-0.3, -0.25) is 19.1 Å². The number of pyridine rings is 1. The number of hydrogen-bond donors (Lipinski definition) is 0. The Morgan fingerprint density at radius 2 is 1.87 bits per heavy atom. The number of likely N-dealkylation sites (tertiary alicyclic amines) is 1. The number of fused-ring (bicyclic) bond motifs is 2. The number of aryl methyl sites for hydroxylation is 1. The number of nitrogens with zero attached hydrogens (tertiary/aromatic N) is 5. The number of ether oxygens (including phenoxy) is 1. The van der Waals surface area contributed by atoms with Gasteiger partial charge in [0, 0.05) is 37.6 Å². The van der Waals surface area contributed by atoms with Crippen molar-refractivity contribution in [3.8, 4) is 17.0 Å². The summed E-state index contributed by atoms with van der Waals surface area (Å²) in [7, 11) is 1.60. The molecular formula is C23H23N5O3. The van der Waals surface area contributed by atoms with Gasteiger partial charge >= 0.3 is 0 Å². The molecule has 1 amide bonds. The first kappa shape index (κ1) is 19.4. The molecule has 1 fully saturated rings. The highest BCUT2D eigenvalue weighted by molar-refractivity contribution is 5.94. The molecule has 0 unspecified atom stereocenters. The van der Waals surface area contributed by atoms with Crippen LogP contribution in [0.15, 0.2) is 47.5 Å². The predicted octanol–water partition coefficient (Wildman–Crippen LogP) is 2.20. The summed E-state index contributed by atoms with van der Waals surface area (Å²) in [6.07, 6.45) is 4.89. The average molecular weight is 417 g/mol. The van der Waals surface area contributed by atoms with Crippen LogP contribution in [-0.4, -0.2) is 50.8 Å². The van der Waals surface area contributed by atoms with Gasteiger partial charge in [-0.05, 0) is 55.7 Å². The zero-order valence-corrected chi connectivity index (χ0v) is 17.5. The Bertz CT molecular complexity index is 1220. The van der Waals surface area contributed by atoms with Crippen molar-refractivity contribution in [3.63, 3.8) is 0 Å². The van der Waals surface area contributed by atoms with Gasteiger partial charge < -0.3 is 9.64 Å². The molecule has 0 saturated carbocycles. The van der Waals surface area contributed by atoms with Crippen LogP contribution in [0.25, 0.3) is 11.3 Å². The summed E-state index contributed by atoms with van der Waals surface area (Å²) in [5.41, 5.74) is 2.13. The number of methoxy groups -OCH3 is 1. The second-order valence-corrected chi connectivity index (χ2v) is 8.32. The van der Waals surface area contributed by atoms with Crippen molar-refractivity contribution >= 4 is 5.91 Å². The van der Waals surface area contributed by atoms with E-state index in [0.29, 0.717) is 42.3 Å². The van der Waals surface area contributed by atoms with Gasteiger partial charge in [0.15, 0.2) is 5.69 Å². The average Bonchev–Trinajstić information content (AvgIpc) is 3.39. The van der Waals surface area contributed by atoms with E-state index in [9.17, 15) is 9.59 Å². The lowest BCUT2D eigenvalue weighted by molar-refractivity contribution is 0.0782. The number of carbonyl (C=O) groups is 1. The van der Waals surface area contributed by atoms with Crippen molar-refractivity contribution in [1.29, 1.82) is 0 Å². The lowest BCUT2D eigenvalue weighted by atomic mass is 9.85. The third-order valence-electron chi connectivity index (χ3n) is 6.36. The molecule has 1 spiro atoms. The van der Waals surface area contributed by atoms with Crippen LogP contribution in [0.1, 0.15) is 34.6 Å². The summed E-state index contributed by atoms with van der Waals surface area (Å²) in [5, 5.41) is 8.78. The third kappa shape index (κ3) is 3.19. The van der Waals surface area contributed by atoms with Gasteiger partial charge in [-0.25, -0.2) is 0 Å². The molecule has 0 bridgehead atoms. The first-order valence-corrected chi connectivity index (χ1v) is 10.3. The third-order valence-corrected chi connectivity index (χ3v) is 6.36. The van der Waals surface area contributed by atoms with E-state index in [-0.39, 0.29) is 16.9 Å². The van der Waals surface area contributed by atoms with E-state index in [1.165, 1.54) is 0 Å². The van der Waals surface area contributed by atoms with Gasteiger partial charge in [0.05, 0.1) is 18.1 Å². The molecule has 5 rings (SSSR count). The Morgan fingerprint density at radius 1 is 1.10 bits per heavy atom. The maximum absolute atomic E-state index is 13.2. The maximum Gasteiger partial charge on any atom is 0.280 e. The summed E-state index contributed by atoms with van der Waals surface area (Å²) in [4.78, 5) is 32.1. The largest absolute Gasteiger partial charge is 0.497 e. The van der Waals surface area contributed by atoms with Crippen LogP contribution in [0.5, 0.6) is 5.75 Å². The molecule has 0 radical (unpaired) electrons. The topological polar surface area (TPSA) is 90.2 Å². The summed E-state index contributed by atoms with van der Waals surface area (Å²) in [6, 6.07) is 9.09. The molecule has 2 aliphatic heterocycles. The van der Waals surface area contributed by atoms with Crippen LogP contribution >= 0.6 is 0 Å². The minimum absolute atomic E-state index is 0.0308. The van der Waals surface area contributed by atoms with Crippen molar-refractivity contribution in [2.24, 2.45) is 0 Å². The Hall–Kier alpha value is -3.55. The number of benzene rings is 1. The lowest BCUT2D eigenvalue weighted by Gasteiger charge is -2.23. The first-order valence-electron chi connectivity index (χ1n) is 10.3. The fourth-order valence-corrected chi connectivity index (χ4v) is 4.67. The SMILES string of the molecule is COc1ccc(-c2nnc3n(c2=O)CC[C@]32CCN(C(=O)c3cncc(C)c3)C2)cc1. The van der Waals surface area contributed by atoms with E-state index in [1.54, 1.807) is 36.2 Å². The summed E-state index contributed by atoms with van der Waals surface area (Å²) in [6.45, 7) is 3.67. The van der Waals surface area contributed by atoms with Gasteiger partial charge in [-0.2, -0.15) is 0 Å². The molecule has 31 heavy (non-hydrogen) atoms. The molecule has 1 saturated heterocycles. The molecule has 158 valence electrons. The molecule has 3 aromatic rings. The maximum atomic E-state index is 13.2. The molecule has 1 atom stereocenters. The second-order valence-electron chi connectivity index (χ2n) is 8.32. The van der Waals surface area contributed by atoms with E-state index in [1.807, 2.05) is 30.0 Å². The zero-order valence-electron chi connectivity index (χ0n) is 17.5. The normalized spacial score (nSPS) is 19.6. The summed E-state index contributed by atoms with van der Waals surface area (Å²) in [5.74, 6) is 1.38. The second kappa shape index (κ2) is 7.30. The minimum atomic E-state index is -0.322. The van der Waals surface area contributed by atoms with Crippen LogP contribution in [-0.2, 0) is 12.0 Å². The van der Waals surface area contributed by atoms with Crippen LogP contribution in [0.3, 0.4) is 0 Å². The standard InChI is InChI=1S/C23H23N5O3/c1-15-11-17(13-24-12-15)20(29)27-9-7-23(14-27)8-10-28-21(30)19(25-26-22(23)28)16-3-5-18(31-2)6-4-16/h3-6,11-13H,7-10,14H2,1-2H3/t23-/m0/s1. The summed E-state index contributed by atoms with van der Waals surface area (Å²) < 4.78 is 6.92. The highest BCUT2D eigenvalue weighted by Gasteiger charge is 2.48. The van der Waals surface area contributed by atoms with Crippen LogP contribution < -0.4 is 10.3 Å². The highest BCUT2D eigenvalue weighted by atomic mass is 16.5. The smallest absolute Gasteiger partial charge is 0.280 e. The van der Waals surface area contributed by atoms with Crippen molar-refractivity contribution < 1.29 is 9.53 Å². The van der Waals surface area contributed by atoms with Gasteiger partial charge in [0.25, 0.3) is 11.5 Å². The minimum Gasteiger partial charge on any atom is -0.497 e. The number of amides is 1. The fraction of sp³-hybridized carbons (Fsp3) is 0.348. The van der Waals surface area contributed by atoms with Gasteiger partial charge in [-0.1, -0.05) is 0 Å². The molecule has 1 aromatic carbocycles. The Kier molecular flexibility index (Phi) is 4.57. The van der Waals surface area contributed by atoms with Crippen molar-refractivity contribution in [3.05, 3.63) is 70.0 Å². The zero-order chi connectivity index (χ0) is 21.6. The van der Waals surface area contributed by atoms with Crippen molar-refractivity contribution in [1.82, 2.24) is 24.6 Å². The number of carbonyl (C=O) groups excluding carboxylic acids is 1. The Labute approximate surface area is 179 Å². The van der Waals surface area contributed by atoms with Crippen LogP contribution in [0, 0.1) is 6.92 Å². The van der Waals surface area contributed by atoms with Gasteiger partial charge in [-0.15, -0.1) is 10.2 Å². The van der Waals surface area contributed by atoms with E-state index in [0.717, 1.165) is 24.2 Å². The van der Waals surface area contributed by atoms with Crippen LogP contribution in [0.4, 0.5) is 0 Å². The molecule has 2 aliphatic rings. The monoisotopic (exact) mass is 417 g/mol. The molecule has 0 aliphatic carbocycles. The molecule has 8 nitrogen and oxygen atoms in total. The van der Waals surface area contributed by atoms with E-state index in [2.05, 4.69) is 15.2 Å². The molecule has 0 N–H and O–H groups in total. The lowest BCUT2D eigenvalue weighted by Crippen LogP contribution is -2.35. The molecule has 2 aromatic heterocycles. The van der Waals surface area contributed by atoms with Crippen molar-refractivity contribution in [2.75, 3.05) is 20.2 Å². The van der Waals surface area contributed by atoms with Crippen LogP contribution in [0.2, 0.25) is 0 Å². The van der Waals surface area contributed by atoms with E-state index < -0.39 is 0 Å². The fourth-order valence-electron chi connectivity index (χ4n) is 4.67. The molecule has 4 heterocycles. The van der Waals surface area contributed by atoms with E-state index >= 15 is 0 Å². The van der Waals surface area contributed by atoms with Gasteiger partial charge in [0.1, 0.15) is 11.6 Å². The quantitative estimate of drug-likeness (QED) is 0.649. The Balaban J connectivity index is 1.44. The number of hydrogen-bond acceptors (Lipinski definition) is 6.